The van der Waals surface area contributed by atoms with Crippen LogP contribution in [-0.2, 0) is 0 Å². The standard InChI is InChI=1S/C10H19NS/c1-8-6-11-10(3,12-7-8)9(2)4-5-9/h8,11H,4-7H2,1-3H3. The van der Waals surface area contributed by atoms with Crippen LogP contribution in [0.4, 0.5) is 0 Å². The second kappa shape index (κ2) is 2.65. The topological polar surface area (TPSA) is 12.0 Å². The van der Waals surface area contributed by atoms with Gasteiger partial charge >= 0.3 is 0 Å². The minimum Gasteiger partial charge on any atom is -0.302 e. The molecule has 2 rings (SSSR count). The summed E-state index contributed by atoms with van der Waals surface area (Å²) in [5, 5.41) is 3.71. The van der Waals surface area contributed by atoms with E-state index in [0.29, 0.717) is 10.3 Å². The maximum absolute atomic E-state index is 3.71. The predicted molar refractivity (Wildman–Crippen MR) is 55.4 cm³/mol. The Morgan fingerprint density at radius 1 is 1.33 bits per heavy atom. The van der Waals surface area contributed by atoms with Crippen LogP contribution in [0.3, 0.4) is 0 Å². The molecule has 12 heavy (non-hydrogen) atoms. The molecule has 1 aliphatic carbocycles. The molecule has 2 unspecified atom stereocenters. The van der Waals surface area contributed by atoms with Crippen LogP contribution in [0.2, 0.25) is 0 Å². The van der Waals surface area contributed by atoms with E-state index >= 15 is 0 Å². The lowest BCUT2D eigenvalue weighted by Gasteiger charge is -2.42. The highest BCUT2D eigenvalue weighted by Gasteiger charge is 2.54. The van der Waals surface area contributed by atoms with Gasteiger partial charge in [-0.15, -0.1) is 11.8 Å². The van der Waals surface area contributed by atoms with Crippen LogP contribution in [0, 0.1) is 11.3 Å². The molecule has 1 saturated heterocycles. The number of thioether (sulfide) groups is 1. The van der Waals surface area contributed by atoms with Crippen LogP contribution in [0.15, 0.2) is 0 Å². The molecule has 2 heteroatoms. The third-order valence-electron chi connectivity index (χ3n) is 3.60. The van der Waals surface area contributed by atoms with Crippen molar-refractivity contribution in [2.75, 3.05) is 12.3 Å². The van der Waals surface area contributed by atoms with Gasteiger partial charge in [-0.3, -0.25) is 0 Å². The zero-order valence-corrected chi connectivity index (χ0v) is 9.13. The predicted octanol–water partition coefficient (Wildman–Crippen LogP) is 2.48. The Morgan fingerprint density at radius 2 is 2.00 bits per heavy atom. The van der Waals surface area contributed by atoms with Crippen molar-refractivity contribution in [2.45, 2.75) is 38.5 Å². The molecule has 0 amide bonds. The molecule has 0 spiro atoms. The Hall–Kier alpha value is 0.310. The average Bonchev–Trinajstić information content (AvgIpc) is 2.77. The molecule has 0 aromatic heterocycles. The normalized spacial score (nSPS) is 45.8. The molecule has 2 fully saturated rings. The minimum absolute atomic E-state index is 0.375. The first-order chi connectivity index (χ1) is 5.56. The van der Waals surface area contributed by atoms with Crippen molar-refractivity contribution in [1.82, 2.24) is 5.32 Å². The van der Waals surface area contributed by atoms with Gasteiger partial charge in [-0.2, -0.15) is 0 Å². The van der Waals surface area contributed by atoms with Crippen molar-refractivity contribution in [1.29, 1.82) is 0 Å². The van der Waals surface area contributed by atoms with Crippen molar-refractivity contribution in [2.24, 2.45) is 11.3 Å². The molecule has 1 nitrogen and oxygen atoms in total. The molecule has 0 bridgehead atoms. The summed E-state index contributed by atoms with van der Waals surface area (Å²) in [5.74, 6) is 2.18. The van der Waals surface area contributed by atoms with E-state index in [9.17, 15) is 0 Å². The highest BCUT2D eigenvalue weighted by Crippen LogP contribution is 2.58. The molecule has 0 aromatic carbocycles. The van der Waals surface area contributed by atoms with Crippen molar-refractivity contribution >= 4 is 11.8 Å². The summed E-state index contributed by atoms with van der Waals surface area (Å²) in [4.78, 5) is 0.375. The van der Waals surface area contributed by atoms with Gasteiger partial charge in [0.05, 0.1) is 4.87 Å². The molecule has 2 aliphatic rings. The second-order valence-corrected chi connectivity index (χ2v) is 6.33. The highest BCUT2D eigenvalue weighted by molar-refractivity contribution is 8.00. The summed E-state index contributed by atoms with van der Waals surface area (Å²) >= 11 is 2.13. The molecule has 70 valence electrons. The SMILES string of the molecule is CC1CNC(C)(C2(C)CC2)SC1. The van der Waals surface area contributed by atoms with Crippen LogP contribution < -0.4 is 5.32 Å². The molecule has 1 aliphatic heterocycles. The summed E-state index contributed by atoms with van der Waals surface area (Å²) in [6.45, 7) is 8.34. The summed E-state index contributed by atoms with van der Waals surface area (Å²) in [7, 11) is 0. The molecule has 0 aromatic rings. The van der Waals surface area contributed by atoms with Gasteiger partial charge in [0.25, 0.3) is 0 Å². The van der Waals surface area contributed by atoms with Gasteiger partial charge in [-0.25, -0.2) is 0 Å². The van der Waals surface area contributed by atoms with Gasteiger partial charge < -0.3 is 5.32 Å². The molecule has 1 N–H and O–H groups in total. The van der Waals surface area contributed by atoms with Gasteiger partial charge in [-0.1, -0.05) is 13.8 Å². The van der Waals surface area contributed by atoms with Gasteiger partial charge in [-0.05, 0) is 43.4 Å². The third kappa shape index (κ3) is 1.29. The molecule has 1 saturated carbocycles. The number of hydrogen-bond donors (Lipinski definition) is 1. The van der Waals surface area contributed by atoms with Crippen LogP contribution in [0.25, 0.3) is 0 Å². The van der Waals surface area contributed by atoms with Crippen molar-refractivity contribution in [3.8, 4) is 0 Å². The molecule has 2 atom stereocenters. The van der Waals surface area contributed by atoms with E-state index < -0.39 is 0 Å². The Kier molecular flexibility index (Phi) is 1.96. The van der Waals surface area contributed by atoms with E-state index in [1.165, 1.54) is 25.1 Å². The van der Waals surface area contributed by atoms with E-state index in [2.05, 4.69) is 37.8 Å². The highest BCUT2D eigenvalue weighted by atomic mass is 32.2. The fourth-order valence-corrected chi connectivity index (χ4v) is 3.31. The van der Waals surface area contributed by atoms with Crippen molar-refractivity contribution < 1.29 is 0 Å². The van der Waals surface area contributed by atoms with Crippen LogP contribution >= 0.6 is 11.8 Å². The van der Waals surface area contributed by atoms with E-state index in [1.54, 1.807) is 0 Å². The van der Waals surface area contributed by atoms with Gasteiger partial charge in [0.15, 0.2) is 0 Å². The maximum atomic E-state index is 3.71. The van der Waals surface area contributed by atoms with Gasteiger partial charge in [0.2, 0.25) is 0 Å². The zero-order chi connectivity index (χ0) is 8.82. The van der Waals surface area contributed by atoms with E-state index in [0.717, 1.165) is 5.92 Å². The monoisotopic (exact) mass is 185 g/mol. The summed E-state index contributed by atoms with van der Waals surface area (Å²) in [6, 6.07) is 0. The lowest BCUT2D eigenvalue weighted by atomic mass is 9.99. The van der Waals surface area contributed by atoms with Gasteiger partial charge in [0.1, 0.15) is 0 Å². The molecular formula is C10H19NS. The fraction of sp³-hybridized carbons (Fsp3) is 1.00. The summed E-state index contributed by atoms with van der Waals surface area (Å²) in [5.41, 5.74) is 0.595. The first-order valence-corrected chi connectivity index (χ1v) is 5.93. The summed E-state index contributed by atoms with van der Waals surface area (Å²) < 4.78 is 0. The van der Waals surface area contributed by atoms with Gasteiger partial charge in [0, 0.05) is 0 Å². The minimum atomic E-state index is 0.375. The van der Waals surface area contributed by atoms with Crippen LogP contribution in [0.1, 0.15) is 33.6 Å². The Balaban J connectivity index is 2.03. The first kappa shape index (κ1) is 8.89. The van der Waals surface area contributed by atoms with Crippen LogP contribution in [0.5, 0.6) is 0 Å². The fourth-order valence-electron chi connectivity index (χ4n) is 1.84. The molecular weight excluding hydrogens is 166 g/mol. The first-order valence-electron chi connectivity index (χ1n) is 4.95. The largest absolute Gasteiger partial charge is 0.302 e. The lowest BCUT2D eigenvalue weighted by Crippen LogP contribution is -2.51. The number of rotatable bonds is 1. The Bertz CT molecular complexity index is 178. The number of hydrogen-bond acceptors (Lipinski definition) is 2. The zero-order valence-electron chi connectivity index (χ0n) is 8.31. The third-order valence-corrected chi connectivity index (χ3v) is 5.55. The molecule has 1 heterocycles. The maximum Gasteiger partial charge on any atom is 0.0671 e. The van der Waals surface area contributed by atoms with Crippen molar-refractivity contribution in [3.63, 3.8) is 0 Å². The van der Waals surface area contributed by atoms with E-state index in [-0.39, 0.29) is 0 Å². The Labute approximate surface area is 79.7 Å². The molecule has 0 radical (unpaired) electrons. The lowest BCUT2D eigenvalue weighted by molar-refractivity contribution is 0.313. The van der Waals surface area contributed by atoms with Crippen molar-refractivity contribution in [3.05, 3.63) is 0 Å². The summed E-state index contributed by atoms with van der Waals surface area (Å²) in [6.07, 6.45) is 2.83. The van der Waals surface area contributed by atoms with Crippen LogP contribution in [-0.4, -0.2) is 17.2 Å². The smallest absolute Gasteiger partial charge is 0.0671 e. The number of nitrogens with one attached hydrogen (secondary N) is 1. The second-order valence-electron chi connectivity index (χ2n) is 4.89. The quantitative estimate of drug-likeness (QED) is 0.673. The van der Waals surface area contributed by atoms with E-state index in [1.807, 2.05) is 0 Å². The van der Waals surface area contributed by atoms with E-state index in [4.69, 9.17) is 0 Å². The average molecular weight is 185 g/mol. The Morgan fingerprint density at radius 3 is 2.42 bits per heavy atom.